The molecule has 0 amide bonds. The van der Waals surface area contributed by atoms with Crippen LogP contribution in [0.4, 0.5) is 5.69 Å². The smallest absolute Gasteiger partial charge is 0.312 e. The molecule has 0 saturated carbocycles. The van der Waals surface area contributed by atoms with Gasteiger partial charge in [-0.1, -0.05) is 41.9 Å². The molecule has 1 unspecified atom stereocenters. The highest BCUT2D eigenvalue weighted by Crippen LogP contribution is 2.37. The van der Waals surface area contributed by atoms with Crippen LogP contribution in [0.15, 0.2) is 42.5 Å². The number of carbonyl (C=O) groups is 1. The molecular formula is C17H16ClNO2. The summed E-state index contributed by atoms with van der Waals surface area (Å²) >= 11 is 6.29. The van der Waals surface area contributed by atoms with Crippen LogP contribution in [0.2, 0.25) is 5.02 Å². The third-order valence-corrected chi connectivity index (χ3v) is 4.28. The lowest BCUT2D eigenvalue weighted by Crippen LogP contribution is -2.24. The van der Waals surface area contributed by atoms with Crippen molar-refractivity contribution in [2.45, 2.75) is 19.4 Å². The van der Waals surface area contributed by atoms with Gasteiger partial charge in [-0.05, 0) is 35.7 Å². The molecule has 2 aromatic rings. The van der Waals surface area contributed by atoms with Gasteiger partial charge in [0.25, 0.3) is 0 Å². The lowest BCUT2D eigenvalue weighted by molar-refractivity contribution is -0.138. The number of rotatable bonds is 3. The highest BCUT2D eigenvalue weighted by molar-refractivity contribution is 6.31. The fourth-order valence-electron chi connectivity index (χ4n) is 2.83. The fourth-order valence-corrected chi connectivity index (χ4v) is 3.13. The summed E-state index contributed by atoms with van der Waals surface area (Å²) in [6.07, 6.45) is 0. The molecule has 21 heavy (non-hydrogen) atoms. The summed E-state index contributed by atoms with van der Waals surface area (Å²) < 4.78 is 0. The van der Waals surface area contributed by atoms with Crippen LogP contribution < -0.4 is 4.90 Å². The van der Waals surface area contributed by atoms with Gasteiger partial charge >= 0.3 is 5.97 Å². The van der Waals surface area contributed by atoms with E-state index in [2.05, 4.69) is 4.90 Å². The molecule has 3 rings (SSSR count). The predicted molar refractivity (Wildman–Crippen MR) is 84.1 cm³/mol. The number of halogens is 1. The van der Waals surface area contributed by atoms with Crippen molar-refractivity contribution >= 4 is 23.3 Å². The molecule has 0 aromatic heterocycles. The first-order valence-corrected chi connectivity index (χ1v) is 7.26. The van der Waals surface area contributed by atoms with E-state index in [-0.39, 0.29) is 0 Å². The molecule has 1 atom stereocenters. The van der Waals surface area contributed by atoms with Gasteiger partial charge in [-0.2, -0.15) is 0 Å². The molecule has 2 aromatic carbocycles. The highest BCUT2D eigenvalue weighted by atomic mass is 35.5. The molecule has 1 aliphatic heterocycles. The molecule has 0 radical (unpaired) electrons. The van der Waals surface area contributed by atoms with E-state index in [9.17, 15) is 9.90 Å². The number of benzene rings is 2. The number of aryl methyl sites for hydroxylation is 1. The Balaban J connectivity index is 1.92. The van der Waals surface area contributed by atoms with Crippen LogP contribution in [-0.2, 0) is 11.3 Å². The van der Waals surface area contributed by atoms with Gasteiger partial charge in [-0.25, -0.2) is 0 Å². The van der Waals surface area contributed by atoms with Gasteiger partial charge in [0, 0.05) is 23.8 Å². The summed E-state index contributed by atoms with van der Waals surface area (Å²) in [5.41, 5.74) is 4.01. The first-order valence-electron chi connectivity index (χ1n) is 6.88. The van der Waals surface area contributed by atoms with Gasteiger partial charge in [0.1, 0.15) is 5.92 Å². The monoisotopic (exact) mass is 301 g/mol. The lowest BCUT2D eigenvalue weighted by atomic mass is 10.0. The number of hydrogen-bond donors (Lipinski definition) is 1. The molecule has 1 N–H and O–H groups in total. The molecule has 1 aliphatic rings. The molecule has 108 valence electrons. The molecule has 0 aliphatic carbocycles. The van der Waals surface area contributed by atoms with Crippen LogP contribution in [0.5, 0.6) is 0 Å². The Bertz CT molecular complexity index is 699. The SMILES string of the molecule is Cc1ccc(CN2CC(C(=O)O)c3ccccc32)c(Cl)c1. The van der Waals surface area contributed by atoms with Crippen molar-refractivity contribution in [2.24, 2.45) is 0 Å². The van der Waals surface area contributed by atoms with Gasteiger partial charge in [-0.15, -0.1) is 0 Å². The first-order chi connectivity index (χ1) is 10.1. The van der Waals surface area contributed by atoms with E-state index in [1.54, 1.807) is 0 Å². The minimum atomic E-state index is -0.778. The summed E-state index contributed by atoms with van der Waals surface area (Å²) in [7, 11) is 0. The molecule has 1 heterocycles. The largest absolute Gasteiger partial charge is 0.481 e. The summed E-state index contributed by atoms with van der Waals surface area (Å²) in [5, 5.41) is 10.1. The maximum Gasteiger partial charge on any atom is 0.312 e. The molecule has 0 fully saturated rings. The summed E-state index contributed by atoms with van der Waals surface area (Å²) in [5.74, 6) is -1.25. The van der Waals surface area contributed by atoms with Gasteiger partial charge < -0.3 is 10.0 Å². The van der Waals surface area contributed by atoms with Crippen molar-refractivity contribution in [3.05, 3.63) is 64.2 Å². The number of para-hydroxylation sites is 1. The van der Waals surface area contributed by atoms with Crippen LogP contribution >= 0.6 is 11.6 Å². The van der Waals surface area contributed by atoms with Gasteiger partial charge in [0.2, 0.25) is 0 Å². The number of nitrogens with zero attached hydrogens (tertiary/aromatic N) is 1. The van der Waals surface area contributed by atoms with Crippen molar-refractivity contribution < 1.29 is 9.90 Å². The number of carboxylic acid groups (broad SMARTS) is 1. The third-order valence-electron chi connectivity index (χ3n) is 3.92. The quantitative estimate of drug-likeness (QED) is 0.936. The number of carboxylic acids is 1. The van der Waals surface area contributed by atoms with Crippen LogP contribution in [0, 0.1) is 6.92 Å². The van der Waals surface area contributed by atoms with Crippen molar-refractivity contribution in [2.75, 3.05) is 11.4 Å². The van der Waals surface area contributed by atoms with Crippen molar-refractivity contribution in [1.29, 1.82) is 0 Å². The number of hydrogen-bond acceptors (Lipinski definition) is 2. The Labute approximate surface area is 128 Å². The van der Waals surface area contributed by atoms with E-state index in [0.717, 1.165) is 27.4 Å². The van der Waals surface area contributed by atoms with E-state index >= 15 is 0 Å². The fraction of sp³-hybridized carbons (Fsp3) is 0.235. The highest BCUT2D eigenvalue weighted by Gasteiger charge is 2.33. The van der Waals surface area contributed by atoms with Crippen LogP contribution in [0.3, 0.4) is 0 Å². The number of anilines is 1. The van der Waals surface area contributed by atoms with E-state index in [4.69, 9.17) is 11.6 Å². The topological polar surface area (TPSA) is 40.5 Å². The molecule has 0 saturated heterocycles. The zero-order chi connectivity index (χ0) is 15.0. The van der Waals surface area contributed by atoms with Crippen molar-refractivity contribution in [3.8, 4) is 0 Å². The van der Waals surface area contributed by atoms with Gasteiger partial charge in [0.15, 0.2) is 0 Å². The molecular weight excluding hydrogens is 286 g/mol. The average molecular weight is 302 g/mol. The Hall–Kier alpha value is -2.00. The zero-order valence-electron chi connectivity index (χ0n) is 11.7. The van der Waals surface area contributed by atoms with E-state index in [1.165, 1.54) is 0 Å². The second kappa shape index (κ2) is 5.41. The third kappa shape index (κ3) is 2.61. The second-order valence-corrected chi connectivity index (χ2v) is 5.83. The summed E-state index contributed by atoms with van der Waals surface area (Å²) in [6.45, 7) is 3.11. The number of aliphatic carboxylic acids is 1. The van der Waals surface area contributed by atoms with E-state index in [1.807, 2.05) is 49.4 Å². The molecule has 0 bridgehead atoms. The van der Waals surface area contributed by atoms with Crippen molar-refractivity contribution in [3.63, 3.8) is 0 Å². The lowest BCUT2D eigenvalue weighted by Gasteiger charge is -2.20. The maximum absolute atomic E-state index is 11.4. The predicted octanol–water partition coefficient (Wildman–Crippen LogP) is 3.84. The maximum atomic E-state index is 11.4. The first kappa shape index (κ1) is 14.0. The molecule has 0 spiro atoms. The normalized spacial score (nSPS) is 16.9. The van der Waals surface area contributed by atoms with E-state index in [0.29, 0.717) is 13.1 Å². The minimum absolute atomic E-state index is 0.467. The standard InChI is InChI=1S/C17H16ClNO2/c1-11-6-7-12(15(18)8-11)9-19-10-14(17(20)21)13-4-2-3-5-16(13)19/h2-8,14H,9-10H2,1H3,(H,20,21). The van der Waals surface area contributed by atoms with Crippen LogP contribution in [0.1, 0.15) is 22.6 Å². The Morgan fingerprint density at radius 1 is 1.33 bits per heavy atom. The minimum Gasteiger partial charge on any atom is -0.481 e. The molecule has 4 heteroatoms. The second-order valence-electron chi connectivity index (χ2n) is 5.43. The van der Waals surface area contributed by atoms with Crippen molar-refractivity contribution in [1.82, 2.24) is 0 Å². The Kier molecular flexibility index (Phi) is 3.60. The number of fused-ring (bicyclic) bond motifs is 1. The van der Waals surface area contributed by atoms with Gasteiger partial charge in [0.05, 0.1) is 0 Å². The molecule has 3 nitrogen and oxygen atoms in total. The summed E-state index contributed by atoms with van der Waals surface area (Å²) in [6, 6.07) is 13.7. The summed E-state index contributed by atoms with van der Waals surface area (Å²) in [4.78, 5) is 13.5. The Morgan fingerprint density at radius 3 is 2.81 bits per heavy atom. The average Bonchev–Trinajstić information content (AvgIpc) is 2.81. The van der Waals surface area contributed by atoms with E-state index < -0.39 is 11.9 Å². The van der Waals surface area contributed by atoms with Crippen LogP contribution in [-0.4, -0.2) is 17.6 Å². The zero-order valence-corrected chi connectivity index (χ0v) is 12.5. The van der Waals surface area contributed by atoms with Crippen LogP contribution in [0.25, 0.3) is 0 Å². The Morgan fingerprint density at radius 2 is 2.10 bits per heavy atom. The van der Waals surface area contributed by atoms with Gasteiger partial charge in [-0.3, -0.25) is 4.79 Å².